The molecule has 0 aliphatic carbocycles. The first-order valence-electron chi connectivity index (χ1n) is 29.4. The molecule has 0 fully saturated rings. The van der Waals surface area contributed by atoms with Gasteiger partial charge in [0.15, 0.2) is 0 Å². The fourth-order valence-electron chi connectivity index (χ4n) is 7.57. The van der Waals surface area contributed by atoms with Crippen molar-refractivity contribution in [3.8, 4) is 0 Å². The van der Waals surface area contributed by atoms with E-state index in [1.807, 2.05) is 0 Å². The average molecular weight is 1330 g/mol. The fourth-order valence-corrected chi connectivity index (χ4v) is 7.57. The van der Waals surface area contributed by atoms with Crippen LogP contribution in [0, 0.1) is 0 Å². The maximum Gasteiger partial charge on any atom is 0.319 e. The number of nitrogens with two attached hydrogens (primary N) is 12. The van der Waals surface area contributed by atoms with E-state index in [1.54, 1.807) is 0 Å². The number of nitrogens with one attached hydrogen (secondary N) is 8. The molecule has 9 amide bonds. The van der Waals surface area contributed by atoms with Gasteiger partial charge in [0.25, 0.3) is 0 Å². The molecule has 41 heteroatoms. The van der Waals surface area contributed by atoms with E-state index in [9.17, 15) is 62.3 Å². The Hall–Kier alpha value is -7.49. The monoisotopic (exact) mass is 1330 g/mol. The summed E-state index contributed by atoms with van der Waals surface area (Å²) in [6, 6.07) is -5.17. The molecule has 0 aliphatic heterocycles. The lowest BCUT2D eigenvalue weighted by atomic mass is 10.1. The lowest BCUT2D eigenvalue weighted by Gasteiger charge is -2.22. The van der Waals surface area contributed by atoms with E-state index in [4.69, 9.17) is 89.2 Å². The van der Waals surface area contributed by atoms with Gasteiger partial charge in [0, 0.05) is 78.0 Å². The van der Waals surface area contributed by atoms with E-state index in [0.29, 0.717) is 77.5 Å². The number of likely N-dealkylation sites (N-methyl/N-ethyl adjacent to an activating group) is 4. The van der Waals surface area contributed by atoms with Gasteiger partial charge in [0.2, 0.25) is 53.2 Å². The number of hydrazine groups is 4. The van der Waals surface area contributed by atoms with Crippen LogP contribution in [-0.2, 0) is 62.3 Å². The predicted molar refractivity (Wildman–Crippen MR) is 335 cm³/mol. The van der Waals surface area contributed by atoms with Crippen molar-refractivity contribution in [3.63, 3.8) is 0 Å². The van der Waals surface area contributed by atoms with Gasteiger partial charge in [0.1, 0.15) is 26.2 Å². The van der Waals surface area contributed by atoms with Crippen LogP contribution in [0.3, 0.4) is 0 Å². The largest absolute Gasteiger partial charge is 0.480 e. The second-order valence-corrected chi connectivity index (χ2v) is 21.0. The number of unbranched alkanes of at least 4 members (excludes halogenated alkanes) is 1. The fraction of sp³-hybridized carbons (Fsp3) is 0.745. The molecule has 0 aromatic rings. The van der Waals surface area contributed by atoms with Gasteiger partial charge in [0.05, 0.1) is 30.6 Å². The van der Waals surface area contributed by atoms with Gasteiger partial charge in [-0.1, -0.05) is 6.42 Å². The Morgan fingerprint density at radius 2 is 0.543 bits per heavy atom. The van der Waals surface area contributed by atoms with Crippen LogP contribution < -0.4 is 112 Å². The summed E-state index contributed by atoms with van der Waals surface area (Å²) in [5, 5.41) is 49.6. The Balaban J connectivity index is -0.000000561. The van der Waals surface area contributed by atoms with Crippen molar-refractivity contribution in [2.24, 2.45) is 68.8 Å². The van der Waals surface area contributed by atoms with Crippen LogP contribution in [0.25, 0.3) is 0 Å². The standard InChI is InChI=1S/C14H30N6O4.C13H28N6O4.C12H24N6O5.C12H26N6O4/c1-20(9-13(22)23)19-12(21)8-10(5-7-16)18-14(24)11(17)4-2-3-6-15;1-19(8-12(21)22)18-11(20)7-9(4-6-15)17-13(23)10(16)3-2-5-14;1-18(6-11(21)22)17-10(20)4-7(2-3-13)16-12(23)8(14)5-9(15)19;1-18(7-11(20)21)17-10(19)6-8(2-4-13)16-12(22)9(15)3-5-14/h10-11H,2-9,15-17H2,1H3,(H,18,24)(H,19,21)(H,22,23);9-10H,2-8,14-16H2,1H3,(H,17,23)(H,18,20)(H,21,22);7-8H,2-6,13-14H2,1H3,(H2,15,19)(H,16,23)(H,17,20)(H,21,22);8-9H,2-7,13-15H2,1H3,(H,16,22)(H,17,19)(H,20,21)/t10-,11-;9-,10-;7-,8-;8-,9-/m0000/s1. The molecule has 0 rings (SSSR count). The van der Waals surface area contributed by atoms with Crippen LogP contribution in [0.15, 0.2) is 0 Å². The highest BCUT2D eigenvalue weighted by molar-refractivity contribution is 5.88. The summed E-state index contributed by atoms with van der Waals surface area (Å²) in [7, 11) is 5.70. The average Bonchev–Trinajstić information content (AvgIpc) is 2.12. The minimum Gasteiger partial charge on any atom is -0.480 e. The zero-order valence-corrected chi connectivity index (χ0v) is 53.3. The van der Waals surface area contributed by atoms with Crippen molar-refractivity contribution in [3.05, 3.63) is 0 Å². The van der Waals surface area contributed by atoms with E-state index < -0.39 is 114 Å². The van der Waals surface area contributed by atoms with Gasteiger partial charge >= 0.3 is 23.9 Å². The van der Waals surface area contributed by atoms with Gasteiger partial charge < -0.3 is 110 Å². The molecule has 92 heavy (non-hydrogen) atoms. The number of hydrogen-bond donors (Lipinski definition) is 24. The SMILES string of the molecule is CN(CC(=O)O)NC(=O)C[C@H](CCN)NC(=O)[C@@H](N)CC(N)=O.CN(CC(=O)O)NC(=O)C[C@H](CCN)NC(=O)[C@@H](N)CCCCN.CN(CC(=O)O)NC(=O)C[C@H](CCN)NC(=O)[C@@H](N)CCCN.CN(CC(=O)O)NC(=O)C[C@H](CCN)NC(=O)[C@@H](N)CCN. The Morgan fingerprint density at radius 3 is 0.761 bits per heavy atom. The summed E-state index contributed by atoms with van der Waals surface area (Å²) in [5.74, 6) is -8.44. The third-order valence-corrected chi connectivity index (χ3v) is 11.9. The molecule has 8 atom stereocenters. The van der Waals surface area contributed by atoms with Crippen molar-refractivity contribution < 1.29 is 82.8 Å². The van der Waals surface area contributed by atoms with Crippen LogP contribution in [0.1, 0.15) is 96.3 Å². The third kappa shape index (κ3) is 54.3. The zero-order chi connectivity index (χ0) is 71.5. The van der Waals surface area contributed by atoms with Gasteiger partial charge in [-0.15, -0.1) is 0 Å². The minimum atomic E-state index is -1.11. The predicted octanol–water partition coefficient (Wildman–Crippen LogP) is -11.6. The molecule has 36 N–H and O–H groups in total. The highest BCUT2D eigenvalue weighted by Crippen LogP contribution is 2.05. The molecule has 0 saturated heterocycles. The number of hydrogen-bond acceptors (Lipinski definition) is 28. The summed E-state index contributed by atoms with van der Waals surface area (Å²) in [5.41, 5.74) is 75.2. The molecular formula is C51H108N24O17. The second-order valence-electron chi connectivity index (χ2n) is 21.0. The summed E-state index contributed by atoms with van der Waals surface area (Å²) >= 11 is 0. The molecule has 534 valence electrons. The first-order chi connectivity index (χ1) is 43.0. The maximum atomic E-state index is 12.0. The van der Waals surface area contributed by atoms with E-state index in [0.717, 1.165) is 32.9 Å². The van der Waals surface area contributed by atoms with Gasteiger partial charge in [-0.25, -0.2) is 20.0 Å². The number of primary amides is 1. The molecule has 0 aliphatic rings. The number of amides is 9. The van der Waals surface area contributed by atoms with Gasteiger partial charge in [-0.05, 0) is 104 Å². The summed E-state index contributed by atoms with van der Waals surface area (Å²) in [6.07, 6.45) is 4.57. The van der Waals surface area contributed by atoms with Crippen molar-refractivity contribution in [2.75, 3.05) is 100 Å². The smallest absolute Gasteiger partial charge is 0.319 e. The Morgan fingerprint density at radius 1 is 0.315 bits per heavy atom. The van der Waals surface area contributed by atoms with Crippen LogP contribution in [0.2, 0.25) is 0 Å². The van der Waals surface area contributed by atoms with Crippen LogP contribution in [-0.4, -0.2) is 266 Å². The number of carbonyl (C=O) groups is 13. The summed E-state index contributed by atoms with van der Waals surface area (Å²) in [4.78, 5) is 148. The molecule has 0 aromatic heterocycles. The van der Waals surface area contributed by atoms with Crippen molar-refractivity contribution in [2.45, 2.75) is 145 Å². The van der Waals surface area contributed by atoms with Crippen molar-refractivity contribution in [1.82, 2.24) is 63.0 Å². The number of carboxylic acids is 4. The van der Waals surface area contributed by atoms with Crippen LogP contribution >= 0.6 is 0 Å². The normalized spacial score (nSPS) is 13.4. The van der Waals surface area contributed by atoms with E-state index in [-0.39, 0.29) is 89.7 Å². The summed E-state index contributed by atoms with van der Waals surface area (Å²) < 4.78 is 0. The lowest BCUT2D eigenvalue weighted by Crippen LogP contribution is -2.50. The zero-order valence-electron chi connectivity index (χ0n) is 53.3. The molecule has 0 spiro atoms. The van der Waals surface area contributed by atoms with E-state index >= 15 is 0 Å². The van der Waals surface area contributed by atoms with E-state index in [2.05, 4.69) is 43.0 Å². The number of carbonyl (C=O) groups excluding carboxylic acids is 9. The number of nitrogens with zero attached hydrogens (tertiary/aromatic N) is 4. The highest BCUT2D eigenvalue weighted by Gasteiger charge is 2.25. The van der Waals surface area contributed by atoms with Crippen molar-refractivity contribution in [1.29, 1.82) is 0 Å². The maximum absolute atomic E-state index is 12.0. The molecule has 0 radical (unpaired) electrons. The van der Waals surface area contributed by atoms with Crippen LogP contribution in [0.5, 0.6) is 0 Å². The van der Waals surface area contributed by atoms with E-state index in [1.165, 1.54) is 28.2 Å². The number of aliphatic carboxylic acids is 4. The molecule has 0 aromatic carbocycles. The molecule has 0 bridgehead atoms. The van der Waals surface area contributed by atoms with Gasteiger partial charge in [-0.2, -0.15) is 0 Å². The molecule has 0 saturated carbocycles. The highest BCUT2D eigenvalue weighted by atomic mass is 16.4. The number of rotatable bonds is 47. The van der Waals surface area contributed by atoms with Crippen molar-refractivity contribution >= 4 is 77.0 Å². The topological polar surface area (TPSA) is 724 Å². The first-order valence-corrected chi connectivity index (χ1v) is 29.4. The first kappa shape index (κ1) is 90.9. The lowest BCUT2D eigenvalue weighted by molar-refractivity contribution is -0.141. The third-order valence-electron chi connectivity index (χ3n) is 11.9. The Kier molecular flexibility index (Phi) is 54.5. The summed E-state index contributed by atoms with van der Waals surface area (Å²) in [6.45, 7) is 1.02. The van der Waals surface area contributed by atoms with Gasteiger partial charge in [-0.3, -0.25) is 84.0 Å². The Labute approximate surface area is 535 Å². The number of carboxylic acid groups (broad SMARTS) is 4. The molecule has 0 unspecified atom stereocenters. The molecule has 0 heterocycles. The molecular weight excluding hydrogens is 1220 g/mol. The molecule has 41 nitrogen and oxygen atoms in total. The quantitative estimate of drug-likeness (QED) is 0.0199. The minimum absolute atomic E-state index is 0.0115. The second kappa shape index (κ2) is 55.2. The van der Waals surface area contributed by atoms with Crippen LogP contribution in [0.4, 0.5) is 0 Å². The Bertz CT molecular complexity index is 2210.